The third-order valence-electron chi connectivity index (χ3n) is 5.77. The van der Waals surface area contributed by atoms with Crippen LogP contribution in [0.15, 0.2) is 36.5 Å². The lowest BCUT2D eigenvalue weighted by Crippen LogP contribution is -2.34. The van der Waals surface area contributed by atoms with Gasteiger partial charge in [0.2, 0.25) is 11.8 Å². The lowest BCUT2D eigenvalue weighted by molar-refractivity contribution is -0.131. The summed E-state index contributed by atoms with van der Waals surface area (Å²) in [5.74, 6) is 1.98. The molecule has 3 aromatic rings. The van der Waals surface area contributed by atoms with Crippen molar-refractivity contribution >= 4 is 34.6 Å². The van der Waals surface area contributed by atoms with E-state index in [1.807, 2.05) is 37.4 Å². The summed E-state index contributed by atoms with van der Waals surface area (Å²) >= 11 is 0. The van der Waals surface area contributed by atoms with Gasteiger partial charge in [-0.25, -0.2) is 4.98 Å². The number of hydrogen-bond donors (Lipinski definition) is 1. The van der Waals surface area contributed by atoms with Gasteiger partial charge in [-0.2, -0.15) is 0 Å². The molecule has 1 aliphatic heterocycles. The number of nitrogens with zero attached hydrogens (tertiary/aromatic N) is 3. The smallest absolute Gasteiger partial charge is 0.244 e. The largest absolute Gasteiger partial charge is 0.493 e. The summed E-state index contributed by atoms with van der Waals surface area (Å²) in [5.41, 5.74) is 4.14. The fraction of sp³-hybridized carbons (Fsp3) is 0.320. The second-order valence-corrected chi connectivity index (χ2v) is 8.36. The zero-order valence-electron chi connectivity index (χ0n) is 19.5. The first-order valence-electron chi connectivity index (χ1n) is 10.8. The number of aromatic nitrogens is 2. The minimum Gasteiger partial charge on any atom is -0.493 e. The van der Waals surface area contributed by atoms with Crippen LogP contribution >= 0.6 is 0 Å². The maximum absolute atomic E-state index is 12.8. The highest BCUT2D eigenvalue weighted by molar-refractivity contribution is 5.97. The van der Waals surface area contributed by atoms with Gasteiger partial charge >= 0.3 is 0 Å². The lowest BCUT2D eigenvalue weighted by atomic mass is 10.0. The molecule has 0 unspecified atom stereocenters. The molecule has 0 spiro atoms. The predicted molar refractivity (Wildman–Crippen MR) is 127 cm³/mol. The fourth-order valence-corrected chi connectivity index (χ4v) is 4.07. The van der Waals surface area contributed by atoms with Gasteiger partial charge in [-0.15, -0.1) is 0 Å². The van der Waals surface area contributed by atoms with Crippen LogP contribution in [-0.4, -0.2) is 47.0 Å². The van der Waals surface area contributed by atoms with Gasteiger partial charge in [0.25, 0.3) is 0 Å². The van der Waals surface area contributed by atoms with Crippen LogP contribution in [0.2, 0.25) is 0 Å². The Morgan fingerprint density at radius 1 is 1.15 bits per heavy atom. The Morgan fingerprint density at radius 3 is 2.58 bits per heavy atom. The standard InChI is InChI=1S/C25H28N4O4/c1-15(2)25-27-19-13-18(6-7-20(19)28(25)3)26-23(30)14-29-9-8-16-10-21(32-4)22(33-5)11-17(16)12-24(29)31/h6-11,13,15H,12,14H2,1-5H3,(H,26,30). The molecule has 0 radical (unpaired) electrons. The number of ether oxygens (including phenoxy) is 2. The zero-order valence-corrected chi connectivity index (χ0v) is 19.5. The van der Waals surface area contributed by atoms with E-state index in [9.17, 15) is 9.59 Å². The van der Waals surface area contributed by atoms with Crippen molar-refractivity contribution in [3.05, 3.63) is 53.5 Å². The number of anilines is 1. The van der Waals surface area contributed by atoms with E-state index >= 15 is 0 Å². The average Bonchev–Trinajstić information content (AvgIpc) is 3.04. The Labute approximate surface area is 192 Å². The van der Waals surface area contributed by atoms with E-state index in [1.165, 1.54) is 4.90 Å². The molecule has 172 valence electrons. The number of rotatable bonds is 6. The van der Waals surface area contributed by atoms with Gasteiger partial charge in [0.15, 0.2) is 11.5 Å². The van der Waals surface area contributed by atoms with Crippen molar-refractivity contribution in [3.63, 3.8) is 0 Å². The van der Waals surface area contributed by atoms with E-state index in [0.717, 1.165) is 28.0 Å². The number of amides is 2. The zero-order chi connectivity index (χ0) is 23.7. The summed E-state index contributed by atoms with van der Waals surface area (Å²) in [5, 5.41) is 2.88. The monoisotopic (exact) mass is 448 g/mol. The Hall–Kier alpha value is -3.81. The molecule has 2 amide bonds. The third-order valence-corrected chi connectivity index (χ3v) is 5.77. The first kappa shape index (κ1) is 22.4. The number of carbonyl (C=O) groups excluding carboxylic acids is 2. The molecule has 33 heavy (non-hydrogen) atoms. The van der Waals surface area contributed by atoms with Gasteiger partial charge in [0, 0.05) is 24.9 Å². The maximum Gasteiger partial charge on any atom is 0.244 e. The van der Waals surface area contributed by atoms with E-state index in [2.05, 4.69) is 28.7 Å². The molecule has 1 aliphatic rings. The van der Waals surface area contributed by atoms with Crippen LogP contribution in [0.5, 0.6) is 11.5 Å². The number of nitrogens with one attached hydrogen (secondary N) is 1. The summed E-state index contributed by atoms with van der Waals surface area (Å²) in [7, 11) is 5.11. The summed E-state index contributed by atoms with van der Waals surface area (Å²) in [6.45, 7) is 4.11. The van der Waals surface area contributed by atoms with Gasteiger partial charge in [-0.05, 0) is 47.5 Å². The summed E-state index contributed by atoms with van der Waals surface area (Å²) < 4.78 is 12.8. The highest BCUT2D eigenvalue weighted by Gasteiger charge is 2.21. The summed E-state index contributed by atoms with van der Waals surface area (Å²) in [4.78, 5) is 31.6. The van der Waals surface area contributed by atoms with Crippen LogP contribution < -0.4 is 14.8 Å². The molecule has 4 rings (SSSR count). The molecular formula is C25H28N4O4. The van der Waals surface area contributed by atoms with Crippen molar-refractivity contribution in [2.45, 2.75) is 26.2 Å². The van der Waals surface area contributed by atoms with E-state index in [-0.39, 0.29) is 24.8 Å². The van der Waals surface area contributed by atoms with Crippen LogP contribution in [0.1, 0.15) is 36.7 Å². The first-order valence-corrected chi connectivity index (χ1v) is 10.8. The number of hydrogen-bond acceptors (Lipinski definition) is 5. The van der Waals surface area contributed by atoms with E-state index < -0.39 is 0 Å². The highest BCUT2D eigenvalue weighted by Crippen LogP contribution is 2.32. The Bertz CT molecular complexity index is 1260. The quantitative estimate of drug-likeness (QED) is 0.621. The van der Waals surface area contributed by atoms with Gasteiger partial charge < -0.3 is 24.3 Å². The van der Waals surface area contributed by atoms with Crippen molar-refractivity contribution in [2.75, 3.05) is 26.1 Å². The van der Waals surface area contributed by atoms with E-state index in [1.54, 1.807) is 26.5 Å². The lowest BCUT2D eigenvalue weighted by Gasteiger charge is -2.17. The fourth-order valence-electron chi connectivity index (χ4n) is 4.07. The number of fused-ring (bicyclic) bond motifs is 2. The molecule has 8 heteroatoms. The second kappa shape index (κ2) is 8.97. The molecular weight excluding hydrogens is 420 g/mol. The topological polar surface area (TPSA) is 85.7 Å². The number of aryl methyl sites for hydroxylation is 1. The average molecular weight is 449 g/mol. The summed E-state index contributed by atoms with van der Waals surface area (Å²) in [6, 6.07) is 9.27. The van der Waals surface area contributed by atoms with Crippen LogP contribution in [0.25, 0.3) is 17.1 Å². The van der Waals surface area contributed by atoms with Crippen molar-refractivity contribution in [1.82, 2.24) is 14.5 Å². The van der Waals surface area contributed by atoms with Crippen molar-refractivity contribution in [3.8, 4) is 11.5 Å². The normalized spacial score (nSPS) is 13.3. The Kier molecular flexibility index (Phi) is 6.09. The molecule has 1 aromatic heterocycles. The van der Waals surface area contributed by atoms with Gasteiger partial charge in [-0.3, -0.25) is 9.59 Å². The molecule has 2 aromatic carbocycles. The molecule has 8 nitrogen and oxygen atoms in total. The SMILES string of the molecule is COc1cc2c(cc1OC)CC(=O)N(CC(=O)Nc1ccc3c(c1)nc(C(C)C)n3C)C=C2. The minimum absolute atomic E-state index is 0.0882. The van der Waals surface area contributed by atoms with Crippen molar-refractivity contribution in [1.29, 1.82) is 0 Å². The molecule has 0 saturated heterocycles. The van der Waals surface area contributed by atoms with E-state index in [0.29, 0.717) is 23.1 Å². The van der Waals surface area contributed by atoms with Crippen LogP contribution in [-0.2, 0) is 23.1 Å². The molecule has 1 N–H and O–H groups in total. The predicted octanol–water partition coefficient (Wildman–Crippen LogP) is 3.71. The highest BCUT2D eigenvalue weighted by atomic mass is 16.5. The molecule has 0 atom stereocenters. The molecule has 0 fully saturated rings. The van der Waals surface area contributed by atoms with Crippen LogP contribution in [0.3, 0.4) is 0 Å². The first-order chi connectivity index (χ1) is 15.8. The number of methoxy groups -OCH3 is 2. The number of carbonyl (C=O) groups is 2. The second-order valence-electron chi connectivity index (χ2n) is 8.36. The third kappa shape index (κ3) is 4.41. The van der Waals surface area contributed by atoms with Crippen molar-refractivity contribution < 1.29 is 19.1 Å². The Morgan fingerprint density at radius 2 is 1.88 bits per heavy atom. The Balaban J connectivity index is 1.49. The van der Waals surface area contributed by atoms with Crippen molar-refractivity contribution in [2.24, 2.45) is 7.05 Å². The molecule has 0 saturated carbocycles. The number of benzene rings is 2. The maximum atomic E-state index is 12.8. The van der Waals surface area contributed by atoms with Gasteiger partial charge in [-0.1, -0.05) is 13.8 Å². The van der Waals surface area contributed by atoms with Gasteiger partial charge in [0.1, 0.15) is 12.4 Å². The minimum atomic E-state index is -0.284. The van der Waals surface area contributed by atoms with E-state index in [4.69, 9.17) is 9.47 Å². The molecule has 2 heterocycles. The van der Waals surface area contributed by atoms with Crippen LogP contribution in [0.4, 0.5) is 5.69 Å². The summed E-state index contributed by atoms with van der Waals surface area (Å²) in [6.07, 6.45) is 3.60. The van der Waals surface area contributed by atoms with Crippen LogP contribution in [0, 0.1) is 0 Å². The molecule has 0 bridgehead atoms. The number of imidazole rings is 1. The van der Waals surface area contributed by atoms with Gasteiger partial charge in [0.05, 0.1) is 31.7 Å². The molecule has 0 aliphatic carbocycles.